The Morgan fingerprint density at radius 1 is 1.30 bits per heavy atom. The number of hydrogen-bond donors (Lipinski definition) is 1. The summed E-state index contributed by atoms with van der Waals surface area (Å²) in [4.78, 5) is 6.75. The zero-order valence-corrected chi connectivity index (χ0v) is 12.3. The molecule has 0 amide bonds. The van der Waals surface area contributed by atoms with E-state index in [1.54, 1.807) is 0 Å². The summed E-state index contributed by atoms with van der Waals surface area (Å²) >= 11 is 0. The van der Waals surface area contributed by atoms with E-state index in [1.165, 1.54) is 12.8 Å². The molecule has 3 rings (SSSR count). The standard InChI is InChI=1S/C14H25N3O3/c1-15-13(16-8-12-9-18-6-7-20-12)17-4-2-14(10-17)3-5-19-11-14/h12H,2-11H2,1H3,(H,15,16). The fourth-order valence-electron chi connectivity index (χ4n) is 3.28. The summed E-state index contributed by atoms with van der Waals surface area (Å²) in [6.45, 7) is 6.75. The van der Waals surface area contributed by atoms with E-state index < -0.39 is 0 Å². The van der Waals surface area contributed by atoms with Crippen LogP contribution in [0.4, 0.5) is 0 Å². The molecule has 6 nitrogen and oxygen atoms in total. The molecule has 0 radical (unpaired) electrons. The van der Waals surface area contributed by atoms with Crippen LogP contribution in [0.1, 0.15) is 12.8 Å². The van der Waals surface area contributed by atoms with Crippen molar-refractivity contribution in [2.24, 2.45) is 10.4 Å². The van der Waals surface area contributed by atoms with Crippen LogP contribution in [0.2, 0.25) is 0 Å². The Hall–Kier alpha value is -0.850. The fourth-order valence-corrected chi connectivity index (χ4v) is 3.28. The second kappa shape index (κ2) is 6.28. The average molecular weight is 283 g/mol. The van der Waals surface area contributed by atoms with Crippen LogP contribution in [-0.4, -0.2) is 76.7 Å². The summed E-state index contributed by atoms with van der Waals surface area (Å²) in [5.41, 5.74) is 0.363. The second-order valence-corrected chi connectivity index (χ2v) is 5.97. The van der Waals surface area contributed by atoms with Gasteiger partial charge in [-0.05, 0) is 12.8 Å². The fraction of sp³-hybridized carbons (Fsp3) is 0.929. The number of ether oxygens (including phenoxy) is 3. The molecule has 0 bridgehead atoms. The average Bonchev–Trinajstić information content (AvgIpc) is 3.12. The zero-order valence-electron chi connectivity index (χ0n) is 12.3. The van der Waals surface area contributed by atoms with Gasteiger partial charge in [0.25, 0.3) is 0 Å². The monoisotopic (exact) mass is 283 g/mol. The third-order valence-electron chi connectivity index (χ3n) is 4.51. The molecular formula is C14H25N3O3. The molecule has 20 heavy (non-hydrogen) atoms. The molecule has 3 heterocycles. The van der Waals surface area contributed by atoms with E-state index in [1.807, 2.05) is 7.05 Å². The third kappa shape index (κ3) is 3.07. The lowest BCUT2D eigenvalue weighted by Gasteiger charge is -2.27. The van der Waals surface area contributed by atoms with Gasteiger partial charge in [0.1, 0.15) is 0 Å². The molecule has 114 valence electrons. The van der Waals surface area contributed by atoms with Gasteiger partial charge >= 0.3 is 0 Å². The lowest BCUT2D eigenvalue weighted by Crippen LogP contribution is -2.46. The van der Waals surface area contributed by atoms with Gasteiger partial charge in [0, 0.05) is 38.7 Å². The van der Waals surface area contributed by atoms with Gasteiger partial charge in [-0.2, -0.15) is 0 Å². The molecule has 6 heteroatoms. The van der Waals surface area contributed by atoms with Crippen LogP contribution in [0.25, 0.3) is 0 Å². The topological polar surface area (TPSA) is 55.3 Å². The van der Waals surface area contributed by atoms with Crippen LogP contribution in [-0.2, 0) is 14.2 Å². The van der Waals surface area contributed by atoms with Gasteiger partial charge in [-0.1, -0.05) is 0 Å². The van der Waals surface area contributed by atoms with Crippen LogP contribution >= 0.6 is 0 Å². The molecule has 3 aliphatic heterocycles. The molecule has 2 unspecified atom stereocenters. The van der Waals surface area contributed by atoms with E-state index in [0.29, 0.717) is 25.2 Å². The quantitative estimate of drug-likeness (QED) is 0.575. The molecule has 0 aromatic carbocycles. The Kier molecular flexibility index (Phi) is 4.43. The van der Waals surface area contributed by atoms with E-state index in [9.17, 15) is 0 Å². The number of guanidine groups is 1. The van der Waals surface area contributed by atoms with Crippen molar-refractivity contribution in [1.29, 1.82) is 0 Å². The van der Waals surface area contributed by atoms with Gasteiger partial charge in [0.05, 0.1) is 32.5 Å². The maximum Gasteiger partial charge on any atom is 0.193 e. The van der Waals surface area contributed by atoms with E-state index >= 15 is 0 Å². The van der Waals surface area contributed by atoms with Crippen molar-refractivity contribution < 1.29 is 14.2 Å². The number of likely N-dealkylation sites (tertiary alicyclic amines) is 1. The summed E-state index contributed by atoms with van der Waals surface area (Å²) in [5.74, 6) is 0.975. The van der Waals surface area contributed by atoms with Crippen molar-refractivity contribution >= 4 is 5.96 Å². The smallest absolute Gasteiger partial charge is 0.193 e. The minimum atomic E-state index is 0.131. The first-order valence-corrected chi connectivity index (χ1v) is 7.54. The van der Waals surface area contributed by atoms with Crippen LogP contribution in [0.15, 0.2) is 4.99 Å². The first kappa shape index (κ1) is 14.1. The maximum atomic E-state index is 5.65. The van der Waals surface area contributed by atoms with Crippen molar-refractivity contribution in [3.05, 3.63) is 0 Å². The molecule has 1 spiro atoms. The number of hydrogen-bond acceptors (Lipinski definition) is 4. The van der Waals surface area contributed by atoms with Crippen LogP contribution in [0.3, 0.4) is 0 Å². The van der Waals surface area contributed by atoms with Gasteiger partial charge in [-0.3, -0.25) is 4.99 Å². The zero-order chi connectivity index (χ0) is 13.8. The molecule has 0 aliphatic carbocycles. The van der Waals surface area contributed by atoms with E-state index in [4.69, 9.17) is 14.2 Å². The normalized spacial score (nSPS) is 35.0. The summed E-state index contributed by atoms with van der Waals surface area (Å²) in [7, 11) is 1.84. The molecular weight excluding hydrogens is 258 g/mol. The molecule has 3 fully saturated rings. The highest BCUT2D eigenvalue weighted by Crippen LogP contribution is 2.38. The van der Waals surface area contributed by atoms with E-state index in [2.05, 4.69) is 15.2 Å². The molecule has 3 aliphatic rings. The van der Waals surface area contributed by atoms with Gasteiger partial charge in [-0.15, -0.1) is 0 Å². The van der Waals surface area contributed by atoms with Crippen LogP contribution in [0.5, 0.6) is 0 Å². The van der Waals surface area contributed by atoms with Crippen molar-refractivity contribution in [2.75, 3.05) is 59.7 Å². The predicted octanol–water partition coefficient (Wildman–Crippen LogP) is 0.0896. The first-order chi connectivity index (χ1) is 9.81. The van der Waals surface area contributed by atoms with Crippen molar-refractivity contribution in [3.8, 4) is 0 Å². The van der Waals surface area contributed by atoms with Gasteiger partial charge in [0.15, 0.2) is 5.96 Å². The molecule has 2 atom stereocenters. The Labute approximate surface area is 120 Å². The minimum Gasteiger partial charge on any atom is -0.381 e. The molecule has 3 saturated heterocycles. The highest BCUT2D eigenvalue weighted by atomic mass is 16.6. The second-order valence-electron chi connectivity index (χ2n) is 5.97. The lowest BCUT2D eigenvalue weighted by molar-refractivity contribution is -0.0851. The van der Waals surface area contributed by atoms with Crippen molar-refractivity contribution in [3.63, 3.8) is 0 Å². The highest BCUT2D eigenvalue weighted by molar-refractivity contribution is 5.80. The summed E-state index contributed by atoms with van der Waals surface area (Å²) in [6.07, 6.45) is 2.52. The summed E-state index contributed by atoms with van der Waals surface area (Å²) in [6, 6.07) is 0. The molecule has 0 aromatic rings. The first-order valence-electron chi connectivity index (χ1n) is 7.54. The number of nitrogens with one attached hydrogen (secondary N) is 1. The van der Waals surface area contributed by atoms with E-state index in [0.717, 1.165) is 38.8 Å². The van der Waals surface area contributed by atoms with Gasteiger partial charge in [-0.25, -0.2) is 0 Å². The number of aliphatic imine (C=N–C) groups is 1. The lowest BCUT2D eigenvalue weighted by atomic mass is 9.87. The Bertz CT molecular complexity index is 350. The van der Waals surface area contributed by atoms with Crippen molar-refractivity contribution in [2.45, 2.75) is 18.9 Å². The third-order valence-corrected chi connectivity index (χ3v) is 4.51. The minimum absolute atomic E-state index is 0.131. The Balaban J connectivity index is 1.49. The summed E-state index contributed by atoms with van der Waals surface area (Å²) in [5, 5.41) is 3.42. The Morgan fingerprint density at radius 2 is 2.25 bits per heavy atom. The van der Waals surface area contributed by atoms with Gasteiger partial charge < -0.3 is 24.4 Å². The van der Waals surface area contributed by atoms with Crippen LogP contribution < -0.4 is 5.32 Å². The number of rotatable bonds is 2. The number of nitrogens with zero attached hydrogens (tertiary/aromatic N) is 2. The largest absolute Gasteiger partial charge is 0.381 e. The molecule has 0 aromatic heterocycles. The van der Waals surface area contributed by atoms with Crippen LogP contribution in [0, 0.1) is 5.41 Å². The Morgan fingerprint density at radius 3 is 2.95 bits per heavy atom. The molecule has 1 N–H and O–H groups in total. The van der Waals surface area contributed by atoms with Crippen molar-refractivity contribution in [1.82, 2.24) is 10.2 Å². The molecule has 0 saturated carbocycles. The summed E-state index contributed by atoms with van der Waals surface area (Å²) < 4.78 is 16.6. The predicted molar refractivity (Wildman–Crippen MR) is 76.0 cm³/mol. The highest BCUT2D eigenvalue weighted by Gasteiger charge is 2.42. The maximum absolute atomic E-state index is 5.65. The van der Waals surface area contributed by atoms with E-state index in [-0.39, 0.29) is 6.10 Å². The van der Waals surface area contributed by atoms with Gasteiger partial charge in [0.2, 0.25) is 0 Å². The SMILES string of the molecule is CN=C(NCC1COCCO1)N1CCC2(CCOC2)C1.